The van der Waals surface area contributed by atoms with E-state index in [2.05, 4.69) is 32.8 Å². The Morgan fingerprint density at radius 3 is 2.82 bits per heavy atom. The normalized spacial score (nSPS) is 19.0. The maximum Gasteiger partial charge on any atom is 0.370 e. The van der Waals surface area contributed by atoms with E-state index in [4.69, 9.17) is 0 Å². The Hall–Kier alpha value is -1.77. The van der Waals surface area contributed by atoms with Crippen LogP contribution in [0, 0.1) is 0 Å². The molecule has 0 spiro atoms. The minimum Gasteiger partial charge on any atom is -0.276 e. The van der Waals surface area contributed by atoms with Gasteiger partial charge in [0.25, 0.3) is 0 Å². The van der Waals surface area contributed by atoms with Crippen molar-refractivity contribution in [2.24, 2.45) is 0 Å². The van der Waals surface area contributed by atoms with E-state index in [0.717, 1.165) is 24.4 Å². The number of hydrogen-bond donors (Lipinski definition) is 0. The molecule has 3 aromatic rings. The van der Waals surface area contributed by atoms with Crippen LogP contribution in [0.1, 0.15) is 23.8 Å². The predicted octanol–water partition coefficient (Wildman–Crippen LogP) is 2.35. The molecule has 1 aliphatic heterocycles. The molecule has 4 rings (SSSR count). The van der Waals surface area contributed by atoms with Crippen LogP contribution >= 0.6 is 22.7 Å². The van der Waals surface area contributed by atoms with Gasteiger partial charge in [-0.05, 0) is 52.2 Å². The van der Waals surface area contributed by atoms with E-state index >= 15 is 0 Å². The summed E-state index contributed by atoms with van der Waals surface area (Å²) in [5.74, 6) is 0. The van der Waals surface area contributed by atoms with E-state index in [1.54, 1.807) is 11.3 Å². The Balaban J connectivity index is 1.58. The number of nitrogens with zero attached hydrogens (tertiary/aromatic N) is 5. The number of rotatable bonds is 4. The molecule has 1 atom stereocenters. The predicted molar refractivity (Wildman–Crippen MR) is 86.5 cm³/mol. The van der Waals surface area contributed by atoms with Gasteiger partial charge in [0.1, 0.15) is 11.7 Å². The molecule has 1 aliphatic rings. The van der Waals surface area contributed by atoms with Crippen molar-refractivity contribution in [3.8, 4) is 5.00 Å². The summed E-state index contributed by atoms with van der Waals surface area (Å²) in [5.41, 5.74) is -0.181. The fraction of sp³-hybridized carbons (Fsp3) is 0.357. The molecule has 8 heteroatoms. The summed E-state index contributed by atoms with van der Waals surface area (Å²) in [6.45, 7) is 1.48. The van der Waals surface area contributed by atoms with Gasteiger partial charge in [-0.15, -0.1) is 22.7 Å². The van der Waals surface area contributed by atoms with E-state index in [1.165, 1.54) is 25.6 Å². The third-order valence-corrected chi connectivity index (χ3v) is 5.72. The maximum atomic E-state index is 12.4. The summed E-state index contributed by atoms with van der Waals surface area (Å²) >= 11 is 3.25. The third-order valence-electron chi connectivity index (χ3n) is 3.91. The largest absolute Gasteiger partial charge is 0.370 e. The van der Waals surface area contributed by atoms with Gasteiger partial charge in [0.15, 0.2) is 0 Å². The summed E-state index contributed by atoms with van der Waals surface area (Å²) in [7, 11) is 0. The number of hydrogen-bond acceptors (Lipinski definition) is 6. The molecule has 0 saturated carbocycles. The Morgan fingerprint density at radius 2 is 2.05 bits per heavy atom. The first-order valence-corrected chi connectivity index (χ1v) is 8.93. The molecule has 0 unspecified atom stereocenters. The smallest absolute Gasteiger partial charge is 0.276 e. The molecular formula is C14H15N5OS2. The van der Waals surface area contributed by atoms with Crippen LogP contribution in [0.15, 0.2) is 39.8 Å². The van der Waals surface area contributed by atoms with Gasteiger partial charge in [0.2, 0.25) is 0 Å². The first-order chi connectivity index (χ1) is 10.8. The van der Waals surface area contributed by atoms with Gasteiger partial charge in [-0.3, -0.25) is 4.90 Å². The van der Waals surface area contributed by atoms with Crippen molar-refractivity contribution in [2.75, 3.05) is 6.54 Å². The van der Waals surface area contributed by atoms with Crippen LogP contribution in [-0.4, -0.2) is 31.2 Å². The van der Waals surface area contributed by atoms with Gasteiger partial charge < -0.3 is 0 Å². The van der Waals surface area contributed by atoms with E-state index < -0.39 is 0 Å². The molecule has 0 bridgehead atoms. The average Bonchev–Trinajstić information content (AvgIpc) is 3.26. The minimum atomic E-state index is -0.181. The topological polar surface area (TPSA) is 56.0 Å². The lowest BCUT2D eigenvalue weighted by molar-refractivity contribution is 0.189. The maximum absolute atomic E-state index is 12.4. The fourth-order valence-electron chi connectivity index (χ4n) is 2.86. The molecule has 4 heterocycles. The van der Waals surface area contributed by atoms with Crippen molar-refractivity contribution in [2.45, 2.75) is 25.6 Å². The molecule has 114 valence electrons. The van der Waals surface area contributed by atoms with E-state index in [1.807, 2.05) is 17.5 Å². The van der Waals surface area contributed by atoms with Crippen LogP contribution in [0.5, 0.6) is 0 Å². The summed E-state index contributed by atoms with van der Waals surface area (Å²) in [6, 6.07) is 8.40. The highest BCUT2D eigenvalue weighted by Gasteiger charge is 2.27. The fourth-order valence-corrected chi connectivity index (χ4v) is 4.43. The van der Waals surface area contributed by atoms with Crippen LogP contribution in [0.4, 0.5) is 0 Å². The molecular weight excluding hydrogens is 318 g/mol. The monoisotopic (exact) mass is 333 g/mol. The van der Waals surface area contributed by atoms with Crippen LogP contribution in [-0.2, 0) is 6.67 Å². The number of tetrazole rings is 1. The van der Waals surface area contributed by atoms with Crippen molar-refractivity contribution >= 4 is 22.7 Å². The molecule has 0 amide bonds. The second-order valence-electron chi connectivity index (χ2n) is 5.25. The summed E-state index contributed by atoms with van der Waals surface area (Å²) in [5, 5.41) is 12.9. The Bertz CT molecular complexity index is 790. The van der Waals surface area contributed by atoms with Gasteiger partial charge >= 0.3 is 5.69 Å². The van der Waals surface area contributed by atoms with Gasteiger partial charge in [0, 0.05) is 17.5 Å². The molecule has 0 aromatic carbocycles. The van der Waals surface area contributed by atoms with Crippen molar-refractivity contribution in [1.82, 2.24) is 24.7 Å². The summed E-state index contributed by atoms with van der Waals surface area (Å²) < 4.78 is 2.81. The Kier molecular flexibility index (Phi) is 3.65. The highest BCUT2D eigenvalue weighted by molar-refractivity contribution is 7.12. The van der Waals surface area contributed by atoms with Crippen LogP contribution in [0.2, 0.25) is 0 Å². The lowest BCUT2D eigenvalue weighted by Gasteiger charge is -2.22. The zero-order valence-corrected chi connectivity index (χ0v) is 13.5. The van der Waals surface area contributed by atoms with Crippen molar-refractivity contribution < 1.29 is 0 Å². The average molecular weight is 333 g/mol. The number of thiophene rings is 2. The first-order valence-electron chi connectivity index (χ1n) is 7.17. The molecule has 0 radical (unpaired) electrons. The third kappa shape index (κ3) is 2.43. The van der Waals surface area contributed by atoms with Crippen molar-refractivity contribution in [3.63, 3.8) is 0 Å². The molecule has 6 nitrogen and oxygen atoms in total. The molecule has 0 aliphatic carbocycles. The zero-order chi connectivity index (χ0) is 14.9. The molecule has 1 fully saturated rings. The van der Waals surface area contributed by atoms with Gasteiger partial charge in [-0.2, -0.15) is 9.36 Å². The Morgan fingerprint density at radius 1 is 1.18 bits per heavy atom. The second-order valence-corrected chi connectivity index (χ2v) is 7.16. The highest BCUT2D eigenvalue weighted by atomic mass is 32.1. The van der Waals surface area contributed by atoms with Crippen LogP contribution < -0.4 is 5.69 Å². The minimum absolute atomic E-state index is 0.181. The van der Waals surface area contributed by atoms with E-state index in [9.17, 15) is 4.79 Å². The Labute approximate surface area is 135 Å². The van der Waals surface area contributed by atoms with Crippen molar-refractivity contribution in [3.05, 3.63) is 50.4 Å². The van der Waals surface area contributed by atoms with Gasteiger partial charge in [-0.1, -0.05) is 6.07 Å². The summed E-state index contributed by atoms with van der Waals surface area (Å²) in [6.07, 6.45) is 2.28. The van der Waals surface area contributed by atoms with E-state index in [-0.39, 0.29) is 5.69 Å². The molecule has 1 saturated heterocycles. The van der Waals surface area contributed by atoms with Crippen LogP contribution in [0.25, 0.3) is 5.00 Å². The lowest BCUT2D eigenvalue weighted by Crippen LogP contribution is -2.33. The quantitative estimate of drug-likeness (QED) is 0.735. The van der Waals surface area contributed by atoms with Gasteiger partial charge in [0.05, 0.1) is 0 Å². The summed E-state index contributed by atoms with van der Waals surface area (Å²) in [4.78, 5) is 16.1. The SMILES string of the molecule is O=c1n(CN2CCC[C@@H]2c2cccs2)nnn1-c1cccs1. The molecule has 22 heavy (non-hydrogen) atoms. The highest BCUT2D eigenvalue weighted by Crippen LogP contribution is 2.34. The van der Waals surface area contributed by atoms with Gasteiger partial charge in [-0.25, -0.2) is 4.79 Å². The van der Waals surface area contributed by atoms with Crippen molar-refractivity contribution in [1.29, 1.82) is 0 Å². The molecule has 3 aromatic heterocycles. The van der Waals surface area contributed by atoms with Crippen LogP contribution in [0.3, 0.4) is 0 Å². The number of likely N-dealkylation sites (tertiary alicyclic amines) is 1. The van der Waals surface area contributed by atoms with E-state index in [0.29, 0.717) is 12.7 Å². The second kappa shape index (κ2) is 5.79. The zero-order valence-electron chi connectivity index (χ0n) is 11.8. The molecule has 0 N–H and O–H groups in total. The standard InChI is InChI=1S/C14H15N5OS2/c20-14-18(15-16-19(14)13-6-3-9-22-13)10-17-7-1-4-11(17)12-5-2-8-21-12/h2-3,5-6,8-9,11H,1,4,7,10H2/t11-/m1/s1. The first kappa shape index (κ1) is 13.9. The number of aromatic nitrogens is 4. The lowest BCUT2D eigenvalue weighted by atomic mass is 10.2.